The number of carbonyl (C=O) groups is 2. The molecule has 2 heterocycles. The highest BCUT2D eigenvalue weighted by atomic mass is 16.6. The van der Waals surface area contributed by atoms with Crippen molar-refractivity contribution < 1.29 is 19.1 Å². The number of carbonyl (C=O) groups excluding carboxylic acids is 2. The Morgan fingerprint density at radius 1 is 1.27 bits per heavy atom. The van der Waals surface area contributed by atoms with E-state index in [0.29, 0.717) is 19.6 Å². The monoisotopic (exact) mass is 312 g/mol. The molecule has 2 fully saturated rings. The van der Waals surface area contributed by atoms with E-state index in [9.17, 15) is 9.59 Å². The molecular formula is C16H28N2O4. The van der Waals surface area contributed by atoms with Crippen LogP contribution in [0.25, 0.3) is 0 Å². The van der Waals surface area contributed by atoms with E-state index in [-0.39, 0.29) is 17.6 Å². The molecule has 0 radical (unpaired) electrons. The molecule has 2 saturated heterocycles. The Hall–Kier alpha value is -1.30. The van der Waals surface area contributed by atoms with Crippen molar-refractivity contribution in [1.82, 2.24) is 10.2 Å². The van der Waals surface area contributed by atoms with Crippen molar-refractivity contribution in [3.63, 3.8) is 0 Å². The van der Waals surface area contributed by atoms with Gasteiger partial charge >= 0.3 is 6.09 Å². The smallest absolute Gasteiger partial charge is 0.410 e. The molecule has 0 unspecified atom stereocenters. The lowest BCUT2D eigenvalue weighted by atomic mass is 9.93. The van der Waals surface area contributed by atoms with Crippen molar-refractivity contribution in [2.45, 2.75) is 77.2 Å². The van der Waals surface area contributed by atoms with Crippen LogP contribution in [-0.2, 0) is 14.3 Å². The summed E-state index contributed by atoms with van der Waals surface area (Å²) < 4.78 is 11.0. The summed E-state index contributed by atoms with van der Waals surface area (Å²) in [6.07, 6.45) is 1.88. The standard InChI is InChI=1S/C16H28N2O4/c1-15(2,3)22-14(20)18-8-6-12(18)13(19)17-11-7-9-21-16(4,5)10-11/h11-12H,6-10H2,1-5H3,(H,17,19)/t11-,12+/m1/s1. The van der Waals surface area contributed by atoms with Crippen LogP contribution < -0.4 is 5.32 Å². The molecule has 22 heavy (non-hydrogen) atoms. The highest BCUT2D eigenvalue weighted by Crippen LogP contribution is 2.25. The van der Waals surface area contributed by atoms with Crippen molar-refractivity contribution >= 4 is 12.0 Å². The minimum atomic E-state index is -0.543. The molecule has 2 rings (SSSR count). The number of nitrogens with zero attached hydrogens (tertiary/aromatic N) is 1. The molecule has 2 amide bonds. The first-order valence-corrected chi connectivity index (χ1v) is 8.01. The number of rotatable bonds is 2. The molecule has 6 nitrogen and oxygen atoms in total. The Bertz CT molecular complexity index is 442. The Morgan fingerprint density at radius 3 is 2.45 bits per heavy atom. The number of hydrogen-bond acceptors (Lipinski definition) is 4. The molecule has 6 heteroatoms. The van der Waals surface area contributed by atoms with E-state index in [1.54, 1.807) is 0 Å². The van der Waals surface area contributed by atoms with Crippen LogP contribution in [0.5, 0.6) is 0 Å². The normalized spacial score (nSPS) is 27.8. The Kier molecular flexibility index (Phi) is 4.70. The number of nitrogens with one attached hydrogen (secondary N) is 1. The summed E-state index contributed by atoms with van der Waals surface area (Å²) in [5.41, 5.74) is -0.751. The summed E-state index contributed by atoms with van der Waals surface area (Å²) in [5.74, 6) is -0.0835. The molecule has 0 saturated carbocycles. The minimum absolute atomic E-state index is 0.0835. The van der Waals surface area contributed by atoms with Crippen molar-refractivity contribution in [3.05, 3.63) is 0 Å². The fourth-order valence-corrected chi connectivity index (χ4v) is 2.85. The van der Waals surface area contributed by atoms with Gasteiger partial charge in [0.25, 0.3) is 0 Å². The van der Waals surface area contributed by atoms with E-state index < -0.39 is 17.7 Å². The maximum absolute atomic E-state index is 12.4. The summed E-state index contributed by atoms with van der Waals surface area (Å²) >= 11 is 0. The second kappa shape index (κ2) is 6.07. The van der Waals surface area contributed by atoms with Crippen LogP contribution in [0.2, 0.25) is 0 Å². The van der Waals surface area contributed by atoms with Gasteiger partial charge in [-0.1, -0.05) is 0 Å². The first-order valence-electron chi connectivity index (χ1n) is 8.01. The largest absolute Gasteiger partial charge is 0.444 e. The van der Waals surface area contributed by atoms with Crippen molar-refractivity contribution in [1.29, 1.82) is 0 Å². The Morgan fingerprint density at radius 2 is 1.95 bits per heavy atom. The van der Waals surface area contributed by atoms with Gasteiger partial charge in [-0.15, -0.1) is 0 Å². The third-order valence-electron chi connectivity index (χ3n) is 3.99. The quantitative estimate of drug-likeness (QED) is 0.847. The molecule has 0 aliphatic carbocycles. The number of likely N-dealkylation sites (tertiary alicyclic amines) is 1. The minimum Gasteiger partial charge on any atom is -0.444 e. The van der Waals surface area contributed by atoms with E-state index in [1.807, 2.05) is 34.6 Å². The topological polar surface area (TPSA) is 67.9 Å². The van der Waals surface area contributed by atoms with E-state index >= 15 is 0 Å². The Balaban J connectivity index is 1.86. The third kappa shape index (κ3) is 4.35. The van der Waals surface area contributed by atoms with E-state index in [2.05, 4.69) is 5.32 Å². The highest BCUT2D eigenvalue weighted by molar-refractivity contribution is 5.87. The molecule has 2 atom stereocenters. The van der Waals surface area contributed by atoms with Gasteiger partial charge in [-0.3, -0.25) is 9.69 Å². The predicted octanol–water partition coefficient (Wildman–Crippen LogP) is 2.07. The van der Waals surface area contributed by atoms with Crippen molar-refractivity contribution in [2.24, 2.45) is 0 Å². The average molecular weight is 312 g/mol. The SMILES string of the molecule is CC(C)(C)OC(=O)N1CC[C@H]1C(=O)N[C@@H]1CCOC(C)(C)C1. The van der Waals surface area contributed by atoms with Gasteiger partial charge in [-0.05, 0) is 53.9 Å². The molecule has 2 aliphatic rings. The van der Waals surface area contributed by atoms with Crippen LogP contribution in [0.4, 0.5) is 4.79 Å². The van der Waals surface area contributed by atoms with Gasteiger partial charge in [-0.2, -0.15) is 0 Å². The van der Waals surface area contributed by atoms with Crippen LogP contribution in [-0.4, -0.2) is 53.3 Å². The molecular weight excluding hydrogens is 284 g/mol. The molecule has 0 aromatic rings. The summed E-state index contributed by atoms with van der Waals surface area (Å²) in [6.45, 7) is 10.8. The van der Waals surface area contributed by atoms with Gasteiger partial charge in [0.1, 0.15) is 11.6 Å². The summed E-state index contributed by atoms with van der Waals surface area (Å²) in [4.78, 5) is 25.9. The molecule has 1 N–H and O–H groups in total. The Labute approximate surface area is 132 Å². The lowest BCUT2D eigenvalue weighted by molar-refractivity contribution is -0.133. The van der Waals surface area contributed by atoms with E-state index in [0.717, 1.165) is 12.8 Å². The lowest BCUT2D eigenvalue weighted by Gasteiger charge is -2.42. The van der Waals surface area contributed by atoms with Gasteiger partial charge in [0.2, 0.25) is 5.91 Å². The zero-order chi connectivity index (χ0) is 16.5. The maximum atomic E-state index is 12.4. The fraction of sp³-hybridized carbons (Fsp3) is 0.875. The summed E-state index contributed by atoms with van der Waals surface area (Å²) in [7, 11) is 0. The molecule has 126 valence electrons. The maximum Gasteiger partial charge on any atom is 0.410 e. The van der Waals surface area contributed by atoms with Crippen LogP contribution in [0, 0.1) is 0 Å². The van der Waals surface area contributed by atoms with Crippen LogP contribution in [0.3, 0.4) is 0 Å². The summed E-state index contributed by atoms with van der Waals surface area (Å²) in [5, 5.41) is 3.06. The number of ether oxygens (including phenoxy) is 2. The lowest BCUT2D eigenvalue weighted by Crippen LogP contribution is -2.61. The van der Waals surface area contributed by atoms with Gasteiger partial charge in [0, 0.05) is 19.2 Å². The number of hydrogen-bond donors (Lipinski definition) is 1. The second-order valence-electron chi connectivity index (χ2n) is 7.78. The van der Waals surface area contributed by atoms with Crippen LogP contribution in [0.1, 0.15) is 53.9 Å². The molecule has 0 spiro atoms. The molecule has 2 aliphatic heterocycles. The highest BCUT2D eigenvalue weighted by Gasteiger charge is 2.41. The predicted molar refractivity (Wildman–Crippen MR) is 82.5 cm³/mol. The fourth-order valence-electron chi connectivity index (χ4n) is 2.85. The molecule has 0 aromatic carbocycles. The van der Waals surface area contributed by atoms with Crippen LogP contribution >= 0.6 is 0 Å². The zero-order valence-electron chi connectivity index (χ0n) is 14.3. The molecule has 0 bridgehead atoms. The molecule has 0 aromatic heterocycles. The zero-order valence-corrected chi connectivity index (χ0v) is 14.3. The van der Waals surface area contributed by atoms with Crippen molar-refractivity contribution in [2.75, 3.05) is 13.2 Å². The average Bonchev–Trinajstić information content (AvgIpc) is 2.22. The van der Waals surface area contributed by atoms with Gasteiger partial charge in [-0.25, -0.2) is 4.79 Å². The first-order chi connectivity index (χ1) is 10.1. The van der Waals surface area contributed by atoms with Gasteiger partial charge in [0.15, 0.2) is 0 Å². The van der Waals surface area contributed by atoms with Crippen molar-refractivity contribution in [3.8, 4) is 0 Å². The summed E-state index contributed by atoms with van der Waals surface area (Å²) in [6, 6.07) is -0.293. The van der Waals surface area contributed by atoms with E-state index in [1.165, 1.54) is 4.90 Å². The second-order valence-corrected chi connectivity index (χ2v) is 7.78. The number of amides is 2. The first kappa shape index (κ1) is 17.1. The van der Waals surface area contributed by atoms with Crippen LogP contribution in [0.15, 0.2) is 0 Å². The van der Waals surface area contributed by atoms with Gasteiger partial charge in [0.05, 0.1) is 5.60 Å². The van der Waals surface area contributed by atoms with E-state index in [4.69, 9.17) is 9.47 Å². The third-order valence-corrected chi connectivity index (χ3v) is 3.99. The van der Waals surface area contributed by atoms with Gasteiger partial charge < -0.3 is 14.8 Å².